The Morgan fingerprint density at radius 1 is 1.55 bits per heavy atom. The molecule has 0 radical (unpaired) electrons. The van der Waals surface area contributed by atoms with Crippen molar-refractivity contribution in [3.05, 3.63) is 34.9 Å². The molecule has 0 heterocycles. The molecule has 0 spiro atoms. The normalized spacial score (nSPS) is 8.73. The molecule has 54 valence electrons. The van der Waals surface area contributed by atoms with Gasteiger partial charge in [0.25, 0.3) is 0 Å². The molecule has 0 aliphatic rings. The zero-order valence-electron chi connectivity index (χ0n) is 5.67. The van der Waals surface area contributed by atoms with Gasteiger partial charge in [0.15, 0.2) is 0 Å². The minimum atomic E-state index is -0.340. The second kappa shape index (κ2) is 3.23. The molecule has 1 nitrogen and oxygen atoms in total. The van der Waals surface area contributed by atoms with E-state index in [1.54, 1.807) is 24.3 Å². The summed E-state index contributed by atoms with van der Waals surface area (Å²) < 4.78 is 0. The highest BCUT2D eigenvalue weighted by molar-refractivity contribution is 6.31. The molecule has 0 atom stereocenters. The average molecular weight is 165 g/mol. The van der Waals surface area contributed by atoms with Crippen molar-refractivity contribution in [3.63, 3.8) is 0 Å². The fourth-order valence-electron chi connectivity index (χ4n) is 0.713. The number of ketones is 1. The number of halogens is 1. The Kier molecular flexibility index (Phi) is 2.30. The minimum Gasteiger partial charge on any atom is -0.279 e. The Morgan fingerprint density at radius 2 is 2.27 bits per heavy atom. The van der Waals surface area contributed by atoms with Gasteiger partial charge in [0.05, 0.1) is 0 Å². The van der Waals surface area contributed by atoms with E-state index in [0.717, 1.165) is 0 Å². The summed E-state index contributed by atoms with van der Waals surface area (Å²) >= 11 is 5.63. The maximum Gasteiger partial charge on any atom is 0.235 e. The third kappa shape index (κ3) is 1.83. The Labute approximate surface area is 70.0 Å². The van der Waals surface area contributed by atoms with Gasteiger partial charge in [-0.05, 0) is 18.1 Å². The van der Waals surface area contributed by atoms with E-state index in [4.69, 9.17) is 18.0 Å². The van der Waals surface area contributed by atoms with Crippen LogP contribution in [-0.4, -0.2) is 5.78 Å². The highest BCUT2D eigenvalue weighted by Gasteiger charge is 2.00. The fourth-order valence-corrected chi connectivity index (χ4v) is 0.903. The van der Waals surface area contributed by atoms with Crippen LogP contribution in [0.15, 0.2) is 24.3 Å². The van der Waals surface area contributed by atoms with Crippen LogP contribution < -0.4 is 0 Å². The largest absolute Gasteiger partial charge is 0.279 e. The highest BCUT2D eigenvalue weighted by Crippen LogP contribution is 2.10. The smallest absolute Gasteiger partial charge is 0.235 e. The van der Waals surface area contributed by atoms with Gasteiger partial charge in [-0.3, -0.25) is 4.79 Å². The predicted molar refractivity (Wildman–Crippen MR) is 44.6 cm³/mol. The molecule has 0 unspecified atom stereocenters. The standard InChI is InChI=1S/C9H5ClO/c1-2-9(11)7-4-3-5-8(10)6-7/h1,3-6H. The first-order valence-corrected chi connectivity index (χ1v) is 3.38. The van der Waals surface area contributed by atoms with Gasteiger partial charge in [-0.1, -0.05) is 23.7 Å². The Bertz CT molecular complexity index is 323. The minimum absolute atomic E-state index is 0.340. The van der Waals surface area contributed by atoms with Crippen LogP contribution in [0.2, 0.25) is 5.02 Å². The molecule has 0 amide bonds. The van der Waals surface area contributed by atoms with Gasteiger partial charge in [0.2, 0.25) is 5.78 Å². The molecule has 0 aliphatic heterocycles. The van der Waals surface area contributed by atoms with Crippen LogP contribution in [0.4, 0.5) is 0 Å². The maximum absolute atomic E-state index is 10.9. The van der Waals surface area contributed by atoms with E-state index < -0.39 is 0 Å². The first kappa shape index (κ1) is 7.84. The molecule has 0 saturated carbocycles. The van der Waals surface area contributed by atoms with E-state index >= 15 is 0 Å². The maximum atomic E-state index is 10.9. The number of benzene rings is 1. The van der Waals surface area contributed by atoms with Crippen molar-refractivity contribution in [1.82, 2.24) is 0 Å². The van der Waals surface area contributed by atoms with E-state index in [2.05, 4.69) is 0 Å². The van der Waals surface area contributed by atoms with E-state index in [1.165, 1.54) is 0 Å². The zero-order chi connectivity index (χ0) is 8.27. The van der Waals surface area contributed by atoms with E-state index in [-0.39, 0.29) is 5.78 Å². The number of carbonyl (C=O) groups excluding carboxylic acids is 1. The van der Waals surface area contributed by atoms with Crippen molar-refractivity contribution in [1.29, 1.82) is 0 Å². The molecule has 1 aromatic rings. The topological polar surface area (TPSA) is 17.1 Å². The lowest BCUT2D eigenvalue weighted by Gasteiger charge is -1.92. The first-order valence-electron chi connectivity index (χ1n) is 3.00. The molecular formula is C9H5ClO. The number of hydrogen-bond acceptors (Lipinski definition) is 1. The van der Waals surface area contributed by atoms with Crippen molar-refractivity contribution in [2.75, 3.05) is 0 Å². The first-order chi connectivity index (χ1) is 5.24. The monoisotopic (exact) mass is 164 g/mol. The summed E-state index contributed by atoms with van der Waals surface area (Å²) in [4.78, 5) is 10.9. The number of hydrogen-bond donors (Lipinski definition) is 0. The van der Waals surface area contributed by atoms with Gasteiger partial charge < -0.3 is 0 Å². The second-order valence-corrected chi connectivity index (χ2v) is 2.42. The molecule has 0 bridgehead atoms. The summed E-state index contributed by atoms with van der Waals surface area (Å²) in [5, 5.41) is 0.520. The van der Waals surface area contributed by atoms with Gasteiger partial charge in [-0.25, -0.2) is 0 Å². The zero-order valence-corrected chi connectivity index (χ0v) is 6.43. The number of terminal acetylenes is 1. The molecule has 0 fully saturated rings. The Morgan fingerprint density at radius 3 is 2.82 bits per heavy atom. The quantitative estimate of drug-likeness (QED) is 0.353. The number of rotatable bonds is 1. The van der Waals surface area contributed by atoms with Crippen molar-refractivity contribution in [2.45, 2.75) is 0 Å². The molecule has 1 aromatic carbocycles. The van der Waals surface area contributed by atoms with Gasteiger partial charge in [-0.15, -0.1) is 6.42 Å². The molecule has 0 N–H and O–H groups in total. The highest BCUT2D eigenvalue weighted by atomic mass is 35.5. The summed E-state index contributed by atoms with van der Waals surface area (Å²) in [7, 11) is 0. The molecular weight excluding hydrogens is 160 g/mol. The summed E-state index contributed by atoms with van der Waals surface area (Å²) in [6.07, 6.45) is 4.91. The van der Waals surface area contributed by atoms with E-state index in [1.807, 2.05) is 5.92 Å². The van der Waals surface area contributed by atoms with Gasteiger partial charge >= 0.3 is 0 Å². The lowest BCUT2D eigenvalue weighted by molar-refractivity contribution is 0.105. The second-order valence-electron chi connectivity index (χ2n) is 1.98. The van der Waals surface area contributed by atoms with Crippen LogP contribution in [0.5, 0.6) is 0 Å². The van der Waals surface area contributed by atoms with E-state index in [0.29, 0.717) is 10.6 Å². The van der Waals surface area contributed by atoms with Gasteiger partial charge in [0.1, 0.15) is 0 Å². The van der Waals surface area contributed by atoms with Gasteiger partial charge in [-0.2, -0.15) is 0 Å². The lowest BCUT2D eigenvalue weighted by Crippen LogP contribution is -1.92. The molecule has 11 heavy (non-hydrogen) atoms. The third-order valence-electron chi connectivity index (χ3n) is 1.22. The average Bonchev–Trinajstić information content (AvgIpc) is 2.03. The van der Waals surface area contributed by atoms with E-state index in [9.17, 15) is 4.79 Å². The number of Topliss-reactive ketones (excluding diaryl/α,β-unsaturated/α-hetero) is 1. The molecule has 1 rings (SSSR count). The molecule has 0 aliphatic carbocycles. The van der Waals surface area contributed by atoms with Crippen molar-refractivity contribution in [3.8, 4) is 12.3 Å². The summed E-state index contributed by atoms with van der Waals surface area (Å²) in [5.41, 5.74) is 0.458. The summed E-state index contributed by atoms with van der Waals surface area (Å²) in [6, 6.07) is 6.56. The van der Waals surface area contributed by atoms with Gasteiger partial charge in [0, 0.05) is 10.6 Å². The van der Waals surface area contributed by atoms with Crippen LogP contribution in [0.3, 0.4) is 0 Å². The Hall–Kier alpha value is -1.26. The number of carbonyl (C=O) groups is 1. The van der Waals surface area contributed by atoms with Crippen LogP contribution >= 0.6 is 11.6 Å². The Balaban J connectivity index is 3.08. The van der Waals surface area contributed by atoms with Crippen molar-refractivity contribution < 1.29 is 4.79 Å². The van der Waals surface area contributed by atoms with Crippen LogP contribution in [0.1, 0.15) is 10.4 Å². The lowest BCUT2D eigenvalue weighted by atomic mass is 10.1. The van der Waals surface area contributed by atoms with Crippen LogP contribution in [0, 0.1) is 12.3 Å². The van der Waals surface area contributed by atoms with Crippen LogP contribution in [0.25, 0.3) is 0 Å². The summed E-state index contributed by atoms with van der Waals surface area (Å²) in [6.45, 7) is 0. The fraction of sp³-hybridized carbons (Fsp3) is 0. The molecule has 0 saturated heterocycles. The predicted octanol–water partition coefficient (Wildman–Crippen LogP) is 2.16. The molecule has 2 heteroatoms. The SMILES string of the molecule is C#CC(=O)c1cccc(Cl)c1. The summed E-state index contributed by atoms with van der Waals surface area (Å²) in [5.74, 6) is 1.67. The van der Waals surface area contributed by atoms with Crippen LogP contribution in [-0.2, 0) is 0 Å². The third-order valence-corrected chi connectivity index (χ3v) is 1.45. The molecule has 0 aromatic heterocycles. The van der Waals surface area contributed by atoms with Crippen molar-refractivity contribution in [2.24, 2.45) is 0 Å². The van der Waals surface area contributed by atoms with Crippen molar-refractivity contribution >= 4 is 17.4 Å².